The molecule has 4 aromatic rings. The van der Waals surface area contributed by atoms with Crippen LogP contribution in [0.4, 0.5) is 5.82 Å². The molecule has 222 valence electrons. The maximum absolute atomic E-state index is 13.6. The first kappa shape index (κ1) is 29.5. The number of benzene rings is 2. The summed E-state index contributed by atoms with van der Waals surface area (Å²) in [5, 5.41) is 1.04. The number of unbranched alkanes of at least 4 members (excludes halogenated alkanes) is 1. The number of fused-ring (bicyclic) bond motifs is 3. The van der Waals surface area contributed by atoms with E-state index in [1.54, 1.807) is 0 Å². The maximum atomic E-state index is 13.6. The number of anilines is 1. The van der Waals surface area contributed by atoms with Crippen LogP contribution in [-0.2, 0) is 40.3 Å². The van der Waals surface area contributed by atoms with Crippen molar-refractivity contribution in [2.24, 2.45) is 0 Å². The summed E-state index contributed by atoms with van der Waals surface area (Å²) in [6, 6.07) is 16.0. The van der Waals surface area contributed by atoms with E-state index in [2.05, 4.69) is 27.4 Å². The van der Waals surface area contributed by atoms with E-state index in [4.69, 9.17) is 15.5 Å². The number of rotatable bonds is 13. The van der Waals surface area contributed by atoms with Gasteiger partial charge in [-0.3, -0.25) is 14.5 Å². The molecule has 2 N–H and O–H groups in total. The van der Waals surface area contributed by atoms with Crippen LogP contribution in [0, 0.1) is 0 Å². The van der Waals surface area contributed by atoms with Gasteiger partial charge in [0.1, 0.15) is 11.3 Å². The number of carbonyl (C=O) groups is 2. The van der Waals surface area contributed by atoms with E-state index >= 15 is 0 Å². The highest BCUT2D eigenvalue weighted by atomic mass is 16.5. The van der Waals surface area contributed by atoms with Crippen molar-refractivity contribution in [2.45, 2.75) is 65.0 Å². The van der Waals surface area contributed by atoms with Crippen molar-refractivity contribution in [3.63, 3.8) is 0 Å². The van der Waals surface area contributed by atoms with E-state index in [9.17, 15) is 9.59 Å². The van der Waals surface area contributed by atoms with Crippen LogP contribution >= 0.6 is 0 Å². The Labute approximate surface area is 247 Å². The Kier molecular flexibility index (Phi) is 9.69. The van der Waals surface area contributed by atoms with Crippen molar-refractivity contribution in [1.29, 1.82) is 0 Å². The van der Waals surface area contributed by atoms with E-state index in [0.29, 0.717) is 25.5 Å². The van der Waals surface area contributed by atoms with Gasteiger partial charge >= 0.3 is 5.97 Å². The number of ether oxygens (including phenoxy) is 1. The number of aryl methyl sites for hydroxylation is 2. The summed E-state index contributed by atoms with van der Waals surface area (Å²) in [6.07, 6.45) is 6.25. The smallest absolute Gasteiger partial charge is 0.309 e. The van der Waals surface area contributed by atoms with Crippen LogP contribution in [0.3, 0.4) is 0 Å². The monoisotopic (exact) mass is 570 g/mol. The van der Waals surface area contributed by atoms with Crippen LogP contribution in [0.2, 0.25) is 0 Å². The van der Waals surface area contributed by atoms with Crippen LogP contribution in [0.15, 0.2) is 48.5 Å². The Hall–Kier alpha value is -3.98. The van der Waals surface area contributed by atoms with Crippen molar-refractivity contribution in [3.8, 4) is 0 Å². The second-order valence-electron chi connectivity index (χ2n) is 11.2. The molecular weight excluding hydrogens is 528 g/mol. The average Bonchev–Trinajstić information content (AvgIpc) is 3.64. The molecule has 9 nitrogen and oxygen atoms in total. The number of carbonyl (C=O) groups excluding carboxylic acids is 2. The van der Waals surface area contributed by atoms with Crippen molar-refractivity contribution in [1.82, 2.24) is 24.3 Å². The fourth-order valence-corrected chi connectivity index (χ4v) is 5.91. The van der Waals surface area contributed by atoms with Crippen LogP contribution in [-0.4, -0.2) is 69.5 Å². The first-order valence-electron chi connectivity index (χ1n) is 15.1. The Morgan fingerprint density at radius 1 is 1.02 bits per heavy atom. The molecule has 1 fully saturated rings. The van der Waals surface area contributed by atoms with Gasteiger partial charge in [0.15, 0.2) is 5.82 Å². The molecule has 2 aromatic carbocycles. The lowest BCUT2D eigenvalue weighted by molar-refractivity contribution is -0.139. The lowest BCUT2D eigenvalue weighted by atomic mass is 10.1. The highest BCUT2D eigenvalue weighted by Crippen LogP contribution is 2.29. The van der Waals surface area contributed by atoms with Crippen molar-refractivity contribution < 1.29 is 14.3 Å². The molecule has 0 bridgehead atoms. The molecule has 9 heteroatoms. The third-order valence-electron chi connectivity index (χ3n) is 8.10. The first-order valence-corrected chi connectivity index (χ1v) is 15.1. The molecule has 0 spiro atoms. The van der Waals surface area contributed by atoms with Gasteiger partial charge in [-0.25, -0.2) is 9.97 Å². The van der Waals surface area contributed by atoms with Crippen LogP contribution in [0.5, 0.6) is 0 Å². The predicted molar refractivity (Wildman–Crippen MR) is 166 cm³/mol. The van der Waals surface area contributed by atoms with Crippen LogP contribution in [0.1, 0.15) is 56.0 Å². The van der Waals surface area contributed by atoms with Gasteiger partial charge in [-0.2, -0.15) is 0 Å². The molecule has 1 aliphatic heterocycles. The zero-order valence-corrected chi connectivity index (χ0v) is 24.8. The summed E-state index contributed by atoms with van der Waals surface area (Å²) in [7, 11) is 1.40. The topological polar surface area (TPSA) is 107 Å². The minimum Gasteiger partial charge on any atom is -0.469 e. The van der Waals surface area contributed by atoms with Gasteiger partial charge in [-0.05, 0) is 56.0 Å². The second kappa shape index (κ2) is 13.8. The Morgan fingerprint density at radius 3 is 2.60 bits per heavy atom. The quantitative estimate of drug-likeness (QED) is 0.232. The zero-order chi connectivity index (χ0) is 29.5. The molecule has 42 heavy (non-hydrogen) atoms. The fraction of sp³-hybridized carbons (Fsp3) is 0.455. The Morgan fingerprint density at radius 2 is 1.81 bits per heavy atom. The number of imidazole rings is 1. The number of hydrogen-bond donors (Lipinski definition) is 1. The third kappa shape index (κ3) is 6.90. The molecule has 5 rings (SSSR count). The van der Waals surface area contributed by atoms with Crippen LogP contribution in [0.25, 0.3) is 21.9 Å². The maximum Gasteiger partial charge on any atom is 0.309 e. The number of nitrogens with two attached hydrogens (primary N) is 1. The number of esters is 1. The van der Waals surface area contributed by atoms with E-state index in [1.165, 1.54) is 7.11 Å². The minimum absolute atomic E-state index is 0.135. The molecule has 0 aliphatic carbocycles. The number of nitrogen functional groups attached to an aromatic ring is 1. The summed E-state index contributed by atoms with van der Waals surface area (Å²) in [5.41, 5.74) is 10.9. The lowest BCUT2D eigenvalue weighted by Crippen LogP contribution is -2.39. The van der Waals surface area contributed by atoms with E-state index in [-0.39, 0.29) is 18.3 Å². The molecule has 2 aromatic heterocycles. The second-order valence-corrected chi connectivity index (χ2v) is 11.2. The van der Waals surface area contributed by atoms with Crippen molar-refractivity contribution >= 4 is 39.6 Å². The van der Waals surface area contributed by atoms with Gasteiger partial charge in [-0.1, -0.05) is 55.8 Å². The average molecular weight is 571 g/mol. The molecule has 1 aliphatic rings. The number of likely N-dealkylation sites (tertiary alicyclic amines) is 1. The van der Waals surface area contributed by atoms with Crippen molar-refractivity contribution in [3.05, 3.63) is 65.5 Å². The standard InChI is InChI=1S/C33H42N6O3/c1-3-4-15-28-36-31-32(26-13-5-6-14-27(26)35-33(31)34)39(28)19-10-18-38(29(40)23-37-16-7-8-17-37)22-25-12-9-11-24(20-25)21-30(41)42-2/h5-6,9,11-14,20H,3-4,7-8,10,15-19,21-23H2,1-2H3,(H2,34,35). The third-order valence-corrected chi connectivity index (χ3v) is 8.10. The minimum atomic E-state index is -0.274. The molecule has 1 amide bonds. The highest BCUT2D eigenvalue weighted by Gasteiger charge is 2.22. The number of amides is 1. The molecular formula is C33H42N6O3. The van der Waals surface area contributed by atoms with Gasteiger partial charge < -0.3 is 19.9 Å². The van der Waals surface area contributed by atoms with Crippen LogP contribution < -0.4 is 5.73 Å². The molecule has 0 unspecified atom stereocenters. The number of para-hydroxylation sites is 1. The molecule has 0 atom stereocenters. The lowest BCUT2D eigenvalue weighted by Gasteiger charge is -2.26. The zero-order valence-electron chi connectivity index (χ0n) is 24.8. The molecule has 1 saturated heterocycles. The summed E-state index contributed by atoms with van der Waals surface area (Å²) >= 11 is 0. The van der Waals surface area contributed by atoms with Gasteiger partial charge in [0.25, 0.3) is 0 Å². The van der Waals surface area contributed by atoms with Crippen molar-refractivity contribution in [2.75, 3.05) is 39.0 Å². The summed E-state index contributed by atoms with van der Waals surface area (Å²) in [5.74, 6) is 1.33. The fourth-order valence-electron chi connectivity index (χ4n) is 5.91. The van der Waals surface area contributed by atoms with E-state index in [0.717, 1.165) is 97.0 Å². The normalized spacial score (nSPS) is 13.7. The molecule has 0 radical (unpaired) electrons. The van der Waals surface area contributed by atoms with E-state index < -0.39 is 0 Å². The number of aromatic nitrogens is 3. The summed E-state index contributed by atoms with van der Waals surface area (Å²) in [4.78, 5) is 39.2. The van der Waals surface area contributed by atoms with E-state index in [1.807, 2.05) is 47.4 Å². The van der Waals surface area contributed by atoms with Gasteiger partial charge in [0.2, 0.25) is 5.91 Å². The SMILES string of the molecule is CCCCc1nc2c(N)nc3ccccc3c2n1CCCN(Cc1cccc(CC(=O)OC)c1)C(=O)CN1CCCC1. The molecule has 0 saturated carbocycles. The highest BCUT2D eigenvalue weighted by molar-refractivity contribution is 6.06. The predicted octanol–water partition coefficient (Wildman–Crippen LogP) is 4.74. The summed E-state index contributed by atoms with van der Waals surface area (Å²) < 4.78 is 7.14. The number of hydrogen-bond acceptors (Lipinski definition) is 7. The first-order chi connectivity index (χ1) is 20.5. The van der Waals surface area contributed by atoms with Gasteiger partial charge in [0.05, 0.1) is 31.1 Å². The number of nitrogens with zero attached hydrogens (tertiary/aromatic N) is 5. The Balaban J connectivity index is 1.39. The summed E-state index contributed by atoms with van der Waals surface area (Å²) in [6.45, 7) is 6.39. The molecule has 3 heterocycles. The number of pyridine rings is 1. The van der Waals surface area contributed by atoms with Gasteiger partial charge in [-0.15, -0.1) is 0 Å². The number of methoxy groups -OCH3 is 1. The van der Waals surface area contributed by atoms with Gasteiger partial charge in [0, 0.05) is 31.4 Å². The largest absolute Gasteiger partial charge is 0.469 e. The Bertz CT molecular complexity index is 1540.